The largest absolute Gasteiger partial charge is 0.477 e. The summed E-state index contributed by atoms with van der Waals surface area (Å²) < 4.78 is 35.2. The van der Waals surface area contributed by atoms with E-state index in [1.807, 2.05) is 0 Å². The third kappa shape index (κ3) is 6.13. The second kappa shape index (κ2) is 8.25. The molecule has 0 bridgehead atoms. The molecule has 0 radical (unpaired) electrons. The fourth-order valence-electron chi connectivity index (χ4n) is 1.99. The number of ether oxygens (including phenoxy) is 2. The zero-order valence-electron chi connectivity index (χ0n) is 15.1. The van der Waals surface area contributed by atoms with Gasteiger partial charge in [0.05, 0.1) is 11.3 Å². The minimum absolute atomic E-state index is 0.0663. The van der Waals surface area contributed by atoms with Crippen LogP contribution in [0.3, 0.4) is 0 Å². The molecule has 1 rings (SSSR count). The summed E-state index contributed by atoms with van der Waals surface area (Å²) in [6.45, 7) is 4.91. The molecule has 0 saturated heterocycles. The summed E-state index contributed by atoms with van der Waals surface area (Å²) in [5.41, 5.74) is -2.76. The standard InChI is InChI=1S/C16H19NO9S/c1-9(19)25-7-11-8-27(23,24)13(15(22)26-16(2,3)4)10(6-18)5-17-12(11)14(20)21/h5-6H,7-8H2,1-4H3,(H,20,21)/b12-11-,13-10+,17-5+. The first-order valence-corrected chi connectivity index (χ1v) is 9.22. The second-order valence-corrected chi connectivity index (χ2v) is 8.39. The molecule has 0 aromatic carbocycles. The fraction of sp³-hybridized carbons (Fsp3) is 0.438. The number of nitrogens with zero attached hydrogens (tertiary/aromatic N) is 1. The van der Waals surface area contributed by atoms with Gasteiger partial charge < -0.3 is 14.6 Å². The molecular formula is C16H19NO9S. The topological polar surface area (TPSA) is 153 Å². The number of carboxylic acid groups (broad SMARTS) is 1. The Labute approximate surface area is 155 Å². The zero-order chi connectivity index (χ0) is 21.0. The predicted molar refractivity (Wildman–Crippen MR) is 92.5 cm³/mol. The molecule has 0 aromatic heterocycles. The molecule has 148 valence electrons. The molecule has 0 aliphatic carbocycles. The van der Waals surface area contributed by atoms with Gasteiger partial charge in [0.15, 0.2) is 26.7 Å². The molecule has 1 aliphatic rings. The third-order valence-corrected chi connectivity index (χ3v) is 4.72. The Kier molecular flexibility index (Phi) is 6.79. The van der Waals surface area contributed by atoms with Gasteiger partial charge in [-0.3, -0.25) is 9.59 Å². The smallest absolute Gasteiger partial charge is 0.354 e. The predicted octanol–water partition coefficient (Wildman–Crippen LogP) is 0.182. The maximum Gasteiger partial charge on any atom is 0.354 e. The van der Waals surface area contributed by atoms with Gasteiger partial charge in [-0.15, -0.1) is 0 Å². The van der Waals surface area contributed by atoms with Crippen LogP contribution in [0.25, 0.3) is 0 Å². The van der Waals surface area contributed by atoms with E-state index in [2.05, 4.69) is 9.73 Å². The van der Waals surface area contributed by atoms with E-state index < -0.39 is 61.9 Å². The Morgan fingerprint density at radius 3 is 2.33 bits per heavy atom. The molecule has 1 aliphatic heterocycles. The summed E-state index contributed by atoms with van der Waals surface area (Å²) in [5.74, 6) is -4.63. The summed E-state index contributed by atoms with van der Waals surface area (Å²) in [5, 5.41) is 9.24. The summed E-state index contributed by atoms with van der Waals surface area (Å²) >= 11 is 0. The Morgan fingerprint density at radius 1 is 1.30 bits per heavy atom. The maximum absolute atomic E-state index is 12.7. The highest BCUT2D eigenvalue weighted by Crippen LogP contribution is 2.24. The van der Waals surface area contributed by atoms with Crippen LogP contribution in [-0.2, 0) is 38.5 Å². The van der Waals surface area contributed by atoms with Crippen molar-refractivity contribution < 1.29 is 42.2 Å². The van der Waals surface area contributed by atoms with Crippen LogP contribution in [0.2, 0.25) is 0 Å². The van der Waals surface area contributed by atoms with Gasteiger partial charge in [-0.25, -0.2) is 23.0 Å². The summed E-state index contributed by atoms with van der Waals surface area (Å²) in [7, 11) is -4.51. The molecule has 1 heterocycles. The number of hydrogen-bond acceptors (Lipinski definition) is 9. The number of hydrogen-bond donors (Lipinski definition) is 1. The molecule has 11 heteroatoms. The lowest BCUT2D eigenvalue weighted by atomic mass is 10.2. The molecule has 0 spiro atoms. The Bertz CT molecular complexity index is 870. The number of esters is 2. The Hall–Kier alpha value is -2.82. The molecule has 10 nitrogen and oxygen atoms in total. The molecule has 0 amide bonds. The number of carbonyl (C=O) groups is 4. The molecule has 0 fully saturated rings. The number of aldehydes is 1. The van der Waals surface area contributed by atoms with Crippen molar-refractivity contribution in [2.24, 2.45) is 4.99 Å². The monoisotopic (exact) mass is 401 g/mol. The normalized spacial score (nSPS) is 23.6. The van der Waals surface area contributed by atoms with Gasteiger partial charge in [0, 0.05) is 18.7 Å². The number of allylic oxidation sites excluding steroid dienone is 1. The first-order chi connectivity index (χ1) is 12.3. The van der Waals surface area contributed by atoms with E-state index in [0.29, 0.717) is 6.21 Å². The Balaban J connectivity index is 3.58. The SMILES string of the molecule is CC(=O)OC/C1=C(C(=O)O)/N=C/C(C=O)=C(/C(=O)OC(C)(C)C)S(=O)(=O)C1. The van der Waals surface area contributed by atoms with Crippen molar-refractivity contribution in [2.75, 3.05) is 12.4 Å². The van der Waals surface area contributed by atoms with Crippen LogP contribution in [0, 0.1) is 0 Å². The summed E-state index contributed by atoms with van der Waals surface area (Å²) in [4.78, 5) is 48.7. The van der Waals surface area contributed by atoms with Gasteiger partial charge in [-0.05, 0) is 20.8 Å². The molecule has 1 N–H and O–H groups in total. The molecule has 0 saturated carbocycles. The third-order valence-electron chi connectivity index (χ3n) is 2.97. The molecule has 27 heavy (non-hydrogen) atoms. The number of carboxylic acids is 1. The highest BCUT2D eigenvalue weighted by Gasteiger charge is 2.35. The van der Waals surface area contributed by atoms with Gasteiger partial charge in [-0.1, -0.05) is 0 Å². The van der Waals surface area contributed by atoms with Crippen molar-refractivity contribution in [1.29, 1.82) is 0 Å². The zero-order valence-corrected chi connectivity index (χ0v) is 16.0. The second-order valence-electron chi connectivity index (χ2n) is 6.46. The van der Waals surface area contributed by atoms with Crippen LogP contribution >= 0.6 is 0 Å². The van der Waals surface area contributed by atoms with Crippen LogP contribution in [0.1, 0.15) is 27.7 Å². The van der Waals surface area contributed by atoms with Crippen LogP contribution in [-0.4, -0.2) is 61.9 Å². The maximum atomic E-state index is 12.7. The van der Waals surface area contributed by atoms with E-state index in [-0.39, 0.29) is 11.9 Å². The van der Waals surface area contributed by atoms with E-state index in [9.17, 15) is 32.7 Å². The highest BCUT2D eigenvalue weighted by atomic mass is 32.2. The summed E-state index contributed by atoms with van der Waals surface area (Å²) in [6, 6.07) is 0. The average Bonchev–Trinajstić information content (AvgIpc) is 2.46. The number of aliphatic carboxylic acids is 1. The van der Waals surface area contributed by atoms with Crippen molar-refractivity contribution in [3.63, 3.8) is 0 Å². The number of rotatable bonds is 5. The molecule has 0 unspecified atom stereocenters. The van der Waals surface area contributed by atoms with Gasteiger partial charge in [0.2, 0.25) is 0 Å². The highest BCUT2D eigenvalue weighted by molar-refractivity contribution is 7.96. The van der Waals surface area contributed by atoms with Crippen molar-refractivity contribution in [3.05, 3.63) is 21.7 Å². The average molecular weight is 401 g/mol. The van der Waals surface area contributed by atoms with E-state index in [1.54, 1.807) is 0 Å². The van der Waals surface area contributed by atoms with Crippen LogP contribution < -0.4 is 0 Å². The van der Waals surface area contributed by atoms with E-state index in [4.69, 9.17) is 4.74 Å². The quantitative estimate of drug-likeness (QED) is 0.502. The molecule has 0 aromatic rings. The molecular weight excluding hydrogens is 382 g/mol. The van der Waals surface area contributed by atoms with Crippen LogP contribution in [0.15, 0.2) is 26.7 Å². The van der Waals surface area contributed by atoms with Gasteiger partial charge >= 0.3 is 17.9 Å². The van der Waals surface area contributed by atoms with Crippen molar-refractivity contribution >= 4 is 40.2 Å². The van der Waals surface area contributed by atoms with Gasteiger partial charge in [-0.2, -0.15) is 0 Å². The van der Waals surface area contributed by atoms with Crippen LogP contribution in [0.5, 0.6) is 0 Å². The molecule has 0 atom stereocenters. The minimum atomic E-state index is -4.51. The van der Waals surface area contributed by atoms with E-state index in [0.717, 1.165) is 6.92 Å². The van der Waals surface area contributed by atoms with Crippen molar-refractivity contribution in [3.8, 4) is 0 Å². The number of sulfone groups is 1. The van der Waals surface area contributed by atoms with Gasteiger partial charge in [0.1, 0.15) is 12.2 Å². The fourth-order valence-corrected chi connectivity index (χ4v) is 3.57. The first kappa shape index (κ1) is 22.2. The lowest BCUT2D eigenvalue weighted by Crippen LogP contribution is -2.31. The summed E-state index contributed by atoms with van der Waals surface area (Å²) in [6.07, 6.45) is 0.719. The number of aliphatic imine (C=N–C) groups is 1. The van der Waals surface area contributed by atoms with Crippen LogP contribution in [0.4, 0.5) is 0 Å². The van der Waals surface area contributed by atoms with E-state index >= 15 is 0 Å². The van der Waals surface area contributed by atoms with Crippen molar-refractivity contribution in [1.82, 2.24) is 0 Å². The van der Waals surface area contributed by atoms with Gasteiger partial charge in [0.25, 0.3) is 0 Å². The lowest BCUT2D eigenvalue weighted by molar-refractivity contribution is -0.149. The first-order valence-electron chi connectivity index (χ1n) is 7.57. The van der Waals surface area contributed by atoms with E-state index in [1.165, 1.54) is 20.8 Å². The number of carbonyl (C=O) groups excluding carboxylic acids is 3. The minimum Gasteiger partial charge on any atom is -0.477 e. The lowest BCUT2D eigenvalue weighted by Gasteiger charge is -2.22. The van der Waals surface area contributed by atoms with Crippen molar-refractivity contribution in [2.45, 2.75) is 33.3 Å². The Morgan fingerprint density at radius 2 is 1.89 bits per heavy atom.